The molecule has 0 heterocycles. The van der Waals surface area contributed by atoms with Gasteiger partial charge in [-0.25, -0.2) is 4.39 Å². The van der Waals surface area contributed by atoms with Gasteiger partial charge in [-0.15, -0.1) is 0 Å². The predicted octanol–water partition coefficient (Wildman–Crippen LogP) is 2.98. The zero-order valence-electron chi connectivity index (χ0n) is 7.93. The lowest BCUT2D eigenvalue weighted by Crippen LogP contribution is -2.10. The fourth-order valence-corrected chi connectivity index (χ4v) is 1.49. The van der Waals surface area contributed by atoms with Crippen molar-refractivity contribution >= 4 is 11.6 Å². The summed E-state index contributed by atoms with van der Waals surface area (Å²) in [6.07, 6.45) is 1.63. The summed E-state index contributed by atoms with van der Waals surface area (Å²) >= 11 is 5.55. The first kappa shape index (κ1) is 11.3. The molecule has 0 bridgehead atoms. The lowest BCUT2D eigenvalue weighted by molar-refractivity contribution is 0.452. The molecule has 0 aliphatic carbocycles. The Balaban J connectivity index is 3.04. The molecule has 3 N–H and O–H groups in total. The van der Waals surface area contributed by atoms with Crippen LogP contribution in [-0.2, 0) is 0 Å². The molecule has 0 amide bonds. The van der Waals surface area contributed by atoms with Crippen molar-refractivity contribution in [1.29, 1.82) is 0 Å². The number of halogens is 2. The fraction of sp³-hybridized carbons (Fsp3) is 0.400. The van der Waals surface area contributed by atoms with E-state index in [0.717, 1.165) is 12.8 Å². The zero-order chi connectivity index (χ0) is 10.7. The highest BCUT2D eigenvalue weighted by atomic mass is 35.5. The van der Waals surface area contributed by atoms with Crippen molar-refractivity contribution < 1.29 is 9.50 Å². The van der Waals surface area contributed by atoms with Gasteiger partial charge in [0.2, 0.25) is 0 Å². The monoisotopic (exact) mass is 217 g/mol. The van der Waals surface area contributed by atoms with E-state index < -0.39 is 5.82 Å². The smallest absolute Gasteiger partial charge is 0.145 e. The topological polar surface area (TPSA) is 46.2 Å². The van der Waals surface area contributed by atoms with Gasteiger partial charge in [0.05, 0.1) is 0 Å². The Hall–Kier alpha value is -0.800. The molecular weight excluding hydrogens is 205 g/mol. The van der Waals surface area contributed by atoms with E-state index in [1.54, 1.807) is 0 Å². The Labute approximate surface area is 87.5 Å². The molecular formula is C10H13ClFNO. The normalized spacial score (nSPS) is 12.9. The number of hydrogen-bond donors (Lipinski definition) is 2. The summed E-state index contributed by atoms with van der Waals surface area (Å²) in [5.41, 5.74) is 6.28. The molecule has 0 fully saturated rings. The van der Waals surface area contributed by atoms with E-state index in [4.69, 9.17) is 17.3 Å². The Morgan fingerprint density at radius 2 is 2.21 bits per heavy atom. The summed E-state index contributed by atoms with van der Waals surface area (Å²) < 4.78 is 12.9. The van der Waals surface area contributed by atoms with Gasteiger partial charge < -0.3 is 10.8 Å². The molecule has 0 saturated carbocycles. The van der Waals surface area contributed by atoms with Crippen molar-refractivity contribution in [3.05, 3.63) is 28.5 Å². The van der Waals surface area contributed by atoms with Crippen molar-refractivity contribution in [3.8, 4) is 5.75 Å². The van der Waals surface area contributed by atoms with E-state index in [-0.39, 0.29) is 16.8 Å². The molecule has 0 aromatic heterocycles. The minimum Gasteiger partial charge on any atom is -0.506 e. The molecule has 1 aromatic rings. The Morgan fingerprint density at radius 1 is 1.57 bits per heavy atom. The molecule has 4 heteroatoms. The number of phenols is 1. The molecule has 0 saturated heterocycles. The van der Waals surface area contributed by atoms with Crippen LogP contribution in [0.3, 0.4) is 0 Å². The first-order valence-electron chi connectivity index (χ1n) is 4.50. The van der Waals surface area contributed by atoms with Crippen LogP contribution < -0.4 is 5.73 Å². The van der Waals surface area contributed by atoms with Crippen LogP contribution in [0.2, 0.25) is 5.02 Å². The minimum absolute atomic E-state index is 0.243. The summed E-state index contributed by atoms with van der Waals surface area (Å²) in [6, 6.07) is 2.39. The van der Waals surface area contributed by atoms with E-state index in [1.807, 2.05) is 6.92 Å². The summed E-state index contributed by atoms with van der Waals surface area (Å²) in [5, 5.41) is 9.27. The van der Waals surface area contributed by atoms with Crippen LogP contribution in [0.1, 0.15) is 31.4 Å². The molecule has 1 rings (SSSR count). The van der Waals surface area contributed by atoms with Gasteiger partial charge in [-0.1, -0.05) is 31.0 Å². The Morgan fingerprint density at radius 3 is 2.79 bits per heavy atom. The Kier molecular flexibility index (Phi) is 3.72. The fourth-order valence-electron chi connectivity index (χ4n) is 1.32. The zero-order valence-corrected chi connectivity index (χ0v) is 8.68. The first-order chi connectivity index (χ1) is 6.57. The predicted molar refractivity (Wildman–Crippen MR) is 54.9 cm³/mol. The summed E-state index contributed by atoms with van der Waals surface area (Å²) in [6.45, 7) is 1.99. The second kappa shape index (κ2) is 4.62. The number of benzene rings is 1. The van der Waals surface area contributed by atoms with E-state index >= 15 is 0 Å². The average molecular weight is 218 g/mol. The van der Waals surface area contributed by atoms with Crippen LogP contribution in [0.5, 0.6) is 5.75 Å². The highest BCUT2D eigenvalue weighted by Crippen LogP contribution is 2.34. The lowest BCUT2D eigenvalue weighted by atomic mass is 10.0. The molecule has 0 aliphatic heterocycles. The number of rotatable bonds is 3. The maximum atomic E-state index is 12.9. The molecule has 2 nitrogen and oxygen atoms in total. The number of aromatic hydroxyl groups is 1. The van der Waals surface area contributed by atoms with Crippen molar-refractivity contribution in [1.82, 2.24) is 0 Å². The van der Waals surface area contributed by atoms with Crippen molar-refractivity contribution in [3.63, 3.8) is 0 Å². The third-order valence-corrected chi connectivity index (χ3v) is 2.46. The maximum absolute atomic E-state index is 12.9. The standard InChI is InChI=1S/C10H13ClFNO/c1-2-3-8(13)6-4-5-7(12)9(11)10(6)14/h4-5,8,14H,2-3,13H2,1H3/t8-/m0/s1. The van der Waals surface area contributed by atoms with E-state index in [9.17, 15) is 9.50 Å². The summed E-state index contributed by atoms with van der Waals surface area (Å²) in [7, 11) is 0. The third-order valence-electron chi connectivity index (χ3n) is 2.10. The van der Waals surface area contributed by atoms with Crippen LogP contribution in [-0.4, -0.2) is 5.11 Å². The molecule has 0 aliphatic rings. The summed E-state index contributed by atoms with van der Waals surface area (Å²) in [5.74, 6) is -0.871. The number of phenolic OH excluding ortho intramolecular Hbond substituents is 1. The number of nitrogens with two attached hydrogens (primary N) is 1. The largest absolute Gasteiger partial charge is 0.506 e. The van der Waals surface area contributed by atoms with Crippen LogP contribution in [0.25, 0.3) is 0 Å². The van der Waals surface area contributed by atoms with Crippen LogP contribution in [0.4, 0.5) is 4.39 Å². The molecule has 0 radical (unpaired) electrons. The van der Waals surface area contributed by atoms with Gasteiger partial charge in [-0.2, -0.15) is 0 Å². The summed E-state index contributed by atoms with van der Waals surface area (Å²) in [4.78, 5) is 0. The molecule has 0 unspecified atom stereocenters. The van der Waals surface area contributed by atoms with Crippen LogP contribution in [0.15, 0.2) is 12.1 Å². The second-order valence-electron chi connectivity index (χ2n) is 3.19. The second-order valence-corrected chi connectivity index (χ2v) is 3.57. The Bertz CT molecular complexity index is 330. The van der Waals surface area contributed by atoms with Crippen molar-refractivity contribution in [2.45, 2.75) is 25.8 Å². The SMILES string of the molecule is CCC[C@H](N)c1ccc(F)c(Cl)c1O. The lowest BCUT2D eigenvalue weighted by Gasteiger charge is -2.13. The molecule has 1 atom stereocenters. The van der Waals surface area contributed by atoms with Gasteiger partial charge in [0.15, 0.2) is 0 Å². The quantitative estimate of drug-likeness (QED) is 0.818. The average Bonchev–Trinajstić information content (AvgIpc) is 2.15. The van der Waals surface area contributed by atoms with Gasteiger partial charge in [0, 0.05) is 11.6 Å². The van der Waals surface area contributed by atoms with Crippen LogP contribution >= 0.6 is 11.6 Å². The van der Waals surface area contributed by atoms with Crippen LogP contribution in [0, 0.1) is 5.82 Å². The molecule has 1 aromatic carbocycles. The van der Waals surface area contributed by atoms with Gasteiger partial charge in [0.1, 0.15) is 16.6 Å². The van der Waals surface area contributed by atoms with Gasteiger partial charge >= 0.3 is 0 Å². The third kappa shape index (κ3) is 2.16. The molecule has 14 heavy (non-hydrogen) atoms. The van der Waals surface area contributed by atoms with Gasteiger partial charge in [-0.3, -0.25) is 0 Å². The highest BCUT2D eigenvalue weighted by Gasteiger charge is 2.15. The highest BCUT2D eigenvalue weighted by molar-refractivity contribution is 6.32. The molecule has 78 valence electrons. The molecule has 0 spiro atoms. The first-order valence-corrected chi connectivity index (χ1v) is 4.88. The maximum Gasteiger partial charge on any atom is 0.145 e. The van der Waals surface area contributed by atoms with Gasteiger partial charge in [-0.05, 0) is 12.5 Å². The number of hydrogen-bond acceptors (Lipinski definition) is 2. The van der Waals surface area contributed by atoms with Crippen molar-refractivity contribution in [2.75, 3.05) is 0 Å². The minimum atomic E-state index is -0.628. The van der Waals surface area contributed by atoms with E-state index in [1.165, 1.54) is 12.1 Å². The van der Waals surface area contributed by atoms with Gasteiger partial charge in [0.25, 0.3) is 0 Å². The van der Waals surface area contributed by atoms with Crippen molar-refractivity contribution in [2.24, 2.45) is 5.73 Å². The van der Waals surface area contributed by atoms with E-state index in [0.29, 0.717) is 5.56 Å². The van der Waals surface area contributed by atoms with E-state index in [2.05, 4.69) is 0 Å².